The molecule has 0 unspecified atom stereocenters. The van der Waals surface area contributed by atoms with Crippen LogP contribution in [0.2, 0.25) is 0 Å². The molecule has 41 heavy (non-hydrogen) atoms. The van der Waals surface area contributed by atoms with Gasteiger partial charge in [0, 0.05) is 33.5 Å². The van der Waals surface area contributed by atoms with Crippen molar-refractivity contribution in [1.82, 2.24) is 0 Å². The third-order valence-corrected chi connectivity index (χ3v) is 7.28. The predicted octanol–water partition coefficient (Wildman–Crippen LogP) is 6.87. The van der Waals surface area contributed by atoms with Crippen molar-refractivity contribution in [3.63, 3.8) is 0 Å². The average Bonchev–Trinajstić information content (AvgIpc) is 3.00. The van der Waals surface area contributed by atoms with Gasteiger partial charge in [-0.05, 0) is 46.7 Å². The first-order chi connectivity index (χ1) is 20.0. The highest BCUT2D eigenvalue weighted by Gasteiger charge is 2.35. The minimum atomic E-state index is -0.198. The quantitative estimate of drug-likeness (QED) is 0.106. The van der Waals surface area contributed by atoms with E-state index >= 15 is 0 Å². The van der Waals surface area contributed by atoms with Crippen LogP contribution in [0.3, 0.4) is 0 Å². The average molecular weight is 544 g/mol. The summed E-state index contributed by atoms with van der Waals surface area (Å²) >= 11 is 0. The Morgan fingerprint density at radius 2 is 1.10 bits per heavy atom. The molecule has 0 fully saturated rings. The molecule has 0 spiro atoms. The summed E-state index contributed by atoms with van der Waals surface area (Å²) in [6, 6.07) is 24.7. The van der Waals surface area contributed by atoms with Crippen molar-refractivity contribution in [2.75, 3.05) is 32.2 Å². The molecule has 0 aliphatic heterocycles. The molecular weight excluding hydrogens is 510 g/mol. The second kappa shape index (κ2) is 12.7. The lowest BCUT2D eigenvalue weighted by Crippen LogP contribution is -2.23. The van der Waals surface area contributed by atoms with Crippen LogP contribution in [-0.4, -0.2) is 38.0 Å². The smallest absolute Gasteiger partial charge is 0.195 e. The monoisotopic (exact) mass is 543 g/mol. The molecule has 1 aliphatic rings. The third kappa shape index (κ3) is 5.82. The number of nitrogens with two attached hydrogens (primary N) is 1. The van der Waals surface area contributed by atoms with E-state index in [0.717, 1.165) is 35.1 Å². The summed E-state index contributed by atoms with van der Waals surface area (Å²) in [4.78, 5) is 28.0. The Labute approximate surface area is 240 Å². The summed E-state index contributed by atoms with van der Waals surface area (Å²) < 4.78 is 11.0. The van der Waals surface area contributed by atoms with Gasteiger partial charge in [-0.25, -0.2) is 0 Å². The summed E-state index contributed by atoms with van der Waals surface area (Å²) in [6.45, 7) is 9.54. The second-order valence-electron chi connectivity index (χ2n) is 9.96. The van der Waals surface area contributed by atoms with Crippen molar-refractivity contribution < 1.29 is 19.1 Å². The highest BCUT2D eigenvalue weighted by molar-refractivity contribution is 6.33. The van der Waals surface area contributed by atoms with Crippen LogP contribution >= 0.6 is 0 Å². The summed E-state index contributed by atoms with van der Waals surface area (Å²) in [6.07, 6.45) is 4.96. The van der Waals surface area contributed by atoms with Gasteiger partial charge < -0.3 is 15.2 Å². The summed E-state index contributed by atoms with van der Waals surface area (Å²) in [7, 11) is 0. The van der Waals surface area contributed by atoms with E-state index in [1.807, 2.05) is 54.6 Å². The predicted molar refractivity (Wildman–Crippen MR) is 164 cm³/mol. The molecule has 4 aromatic rings. The van der Waals surface area contributed by atoms with Gasteiger partial charge in [0.1, 0.15) is 0 Å². The van der Waals surface area contributed by atoms with Crippen LogP contribution in [0.1, 0.15) is 43.0 Å². The number of hydrogen-bond donors (Lipinski definition) is 1. The van der Waals surface area contributed by atoms with Gasteiger partial charge in [0.05, 0.1) is 26.4 Å². The lowest BCUT2D eigenvalue weighted by atomic mass is 9.76. The maximum atomic E-state index is 14.0. The number of fused-ring (bicyclic) bond motifs is 2. The Balaban J connectivity index is 1.57. The van der Waals surface area contributed by atoms with Crippen molar-refractivity contribution in [2.45, 2.75) is 12.8 Å². The molecule has 0 saturated carbocycles. The van der Waals surface area contributed by atoms with Crippen LogP contribution in [-0.2, 0) is 22.3 Å². The van der Waals surface area contributed by atoms with E-state index in [1.54, 1.807) is 36.4 Å². The van der Waals surface area contributed by atoms with Gasteiger partial charge in [-0.15, -0.1) is 13.2 Å². The van der Waals surface area contributed by atoms with E-state index in [4.69, 9.17) is 15.2 Å². The first-order valence-corrected chi connectivity index (χ1v) is 13.7. The SMILES string of the molecule is C=CCOCCc1ccc(-c2cc(N)c(-c3ccc(CCOCC=C)cc3)c3c2C(=O)c2ccccc2C3=O)cc1. The van der Waals surface area contributed by atoms with E-state index in [0.29, 0.717) is 65.5 Å². The van der Waals surface area contributed by atoms with E-state index < -0.39 is 0 Å². The highest BCUT2D eigenvalue weighted by Crippen LogP contribution is 2.43. The number of benzene rings is 4. The molecular formula is C36H33NO4. The van der Waals surface area contributed by atoms with Crippen LogP contribution in [0.5, 0.6) is 0 Å². The molecule has 1 aliphatic carbocycles. The molecule has 0 bridgehead atoms. The minimum Gasteiger partial charge on any atom is -0.398 e. The topological polar surface area (TPSA) is 78.6 Å². The van der Waals surface area contributed by atoms with Gasteiger partial charge in [-0.1, -0.05) is 84.9 Å². The summed E-state index contributed by atoms with van der Waals surface area (Å²) in [5, 5.41) is 0. The fraction of sp³-hybridized carbons (Fsp3) is 0.167. The van der Waals surface area contributed by atoms with Gasteiger partial charge >= 0.3 is 0 Å². The lowest BCUT2D eigenvalue weighted by Gasteiger charge is -2.25. The molecule has 206 valence electrons. The molecule has 5 heteroatoms. The van der Waals surface area contributed by atoms with Crippen LogP contribution in [0.4, 0.5) is 5.69 Å². The van der Waals surface area contributed by atoms with Gasteiger partial charge in [0.15, 0.2) is 11.6 Å². The Hall–Kier alpha value is -4.58. The molecule has 5 rings (SSSR count). The number of anilines is 1. The molecule has 0 aromatic heterocycles. The van der Waals surface area contributed by atoms with Gasteiger partial charge in [0.2, 0.25) is 0 Å². The Morgan fingerprint density at radius 3 is 1.61 bits per heavy atom. The van der Waals surface area contributed by atoms with Crippen molar-refractivity contribution >= 4 is 17.3 Å². The van der Waals surface area contributed by atoms with E-state index in [-0.39, 0.29) is 11.6 Å². The van der Waals surface area contributed by atoms with E-state index in [2.05, 4.69) is 13.2 Å². The summed E-state index contributed by atoms with van der Waals surface area (Å²) in [5.74, 6) is -0.374. The Kier molecular flexibility index (Phi) is 8.68. The highest BCUT2D eigenvalue weighted by atomic mass is 16.5. The number of carbonyl (C=O) groups is 2. The Bertz CT molecular complexity index is 1600. The van der Waals surface area contributed by atoms with Gasteiger partial charge in [-0.2, -0.15) is 0 Å². The fourth-order valence-corrected chi connectivity index (χ4v) is 5.26. The van der Waals surface area contributed by atoms with Crippen LogP contribution in [0, 0.1) is 0 Å². The van der Waals surface area contributed by atoms with Crippen LogP contribution < -0.4 is 5.73 Å². The molecule has 4 aromatic carbocycles. The lowest BCUT2D eigenvalue weighted by molar-refractivity contribution is 0.0980. The normalized spacial score (nSPS) is 12.1. The van der Waals surface area contributed by atoms with Crippen molar-refractivity contribution in [3.8, 4) is 22.3 Å². The number of carbonyl (C=O) groups excluding carboxylic acids is 2. The zero-order valence-electron chi connectivity index (χ0n) is 23.0. The van der Waals surface area contributed by atoms with Crippen molar-refractivity contribution in [3.05, 3.63) is 138 Å². The summed E-state index contributed by atoms with van der Waals surface area (Å²) in [5.41, 5.74) is 13.8. The molecule has 0 radical (unpaired) electrons. The standard InChI is InChI=1S/C36H33NO4/c1-3-19-40-21-17-24-9-13-26(14-10-24)30-23-31(37)32(27-15-11-25(12-16-27)18-22-41-20-4-2)34-33(30)35(38)28-7-5-6-8-29(28)36(34)39/h3-16,23H,1-2,17-22,37H2. The zero-order chi connectivity index (χ0) is 28.8. The maximum Gasteiger partial charge on any atom is 0.195 e. The van der Waals surface area contributed by atoms with Crippen molar-refractivity contribution in [1.29, 1.82) is 0 Å². The molecule has 0 atom stereocenters. The number of ether oxygens (including phenoxy) is 2. The minimum absolute atomic E-state index is 0.177. The Morgan fingerprint density at radius 1 is 0.610 bits per heavy atom. The van der Waals surface area contributed by atoms with E-state index in [1.165, 1.54) is 0 Å². The first kappa shape index (κ1) is 28.0. The second-order valence-corrected chi connectivity index (χ2v) is 9.96. The number of ketones is 2. The first-order valence-electron chi connectivity index (χ1n) is 13.7. The molecule has 0 amide bonds. The fourth-order valence-electron chi connectivity index (χ4n) is 5.26. The molecule has 0 saturated heterocycles. The van der Waals surface area contributed by atoms with Gasteiger partial charge in [0.25, 0.3) is 0 Å². The largest absolute Gasteiger partial charge is 0.398 e. The van der Waals surface area contributed by atoms with Crippen LogP contribution in [0.25, 0.3) is 22.3 Å². The van der Waals surface area contributed by atoms with Crippen LogP contribution in [0.15, 0.2) is 104 Å². The van der Waals surface area contributed by atoms with E-state index in [9.17, 15) is 9.59 Å². The molecule has 2 N–H and O–H groups in total. The van der Waals surface area contributed by atoms with Crippen molar-refractivity contribution in [2.24, 2.45) is 0 Å². The molecule has 5 nitrogen and oxygen atoms in total. The molecule has 0 heterocycles. The van der Waals surface area contributed by atoms with Gasteiger partial charge in [-0.3, -0.25) is 9.59 Å². The number of nitrogen functional groups attached to an aromatic ring is 1. The third-order valence-electron chi connectivity index (χ3n) is 7.28. The number of rotatable bonds is 12. The zero-order valence-corrected chi connectivity index (χ0v) is 23.0. The maximum absolute atomic E-state index is 14.0. The number of hydrogen-bond acceptors (Lipinski definition) is 5.